The van der Waals surface area contributed by atoms with Crippen LogP contribution in [0, 0.1) is 13.8 Å². The van der Waals surface area contributed by atoms with Crippen LogP contribution < -0.4 is 16.2 Å². The summed E-state index contributed by atoms with van der Waals surface area (Å²) in [5, 5.41) is 0. The number of hydrazine groups is 1. The molecular weight excluding hydrogens is 240 g/mol. The zero-order valence-electron chi connectivity index (χ0n) is 12.5. The zero-order chi connectivity index (χ0) is 14.2. The van der Waals surface area contributed by atoms with E-state index in [9.17, 15) is 0 Å². The lowest BCUT2D eigenvalue weighted by molar-refractivity contribution is 0.138. The third kappa shape index (κ3) is 2.64. The molecule has 1 aliphatic rings. The van der Waals surface area contributed by atoms with E-state index in [1.54, 1.807) is 0 Å². The molecule has 1 saturated heterocycles. The van der Waals surface area contributed by atoms with Gasteiger partial charge in [0.15, 0.2) is 0 Å². The second-order valence-corrected chi connectivity index (χ2v) is 5.87. The predicted octanol–water partition coefficient (Wildman–Crippen LogP) is 0.909. The van der Waals surface area contributed by atoms with Gasteiger partial charge in [-0.15, -0.1) is 0 Å². The van der Waals surface area contributed by atoms with Gasteiger partial charge in [-0.3, -0.25) is 4.90 Å². The topological polar surface area (TPSA) is 70.3 Å². The Morgan fingerprint density at radius 1 is 1.21 bits per heavy atom. The Labute approximate surface area is 115 Å². The molecule has 1 fully saturated rings. The molecule has 0 radical (unpaired) electrons. The van der Waals surface area contributed by atoms with Crippen LogP contribution in [0.4, 0.5) is 11.6 Å². The molecule has 2 rings (SSSR count). The van der Waals surface area contributed by atoms with Gasteiger partial charge in [-0.25, -0.2) is 15.8 Å². The van der Waals surface area contributed by atoms with Gasteiger partial charge in [-0.05, 0) is 34.7 Å². The highest BCUT2D eigenvalue weighted by molar-refractivity contribution is 5.58. The van der Waals surface area contributed by atoms with E-state index in [2.05, 4.69) is 46.1 Å². The number of nitrogens with zero attached hydrogens (tertiary/aromatic N) is 4. The van der Waals surface area contributed by atoms with E-state index in [1.807, 2.05) is 13.8 Å². The third-order valence-corrected chi connectivity index (χ3v) is 3.98. The van der Waals surface area contributed by atoms with Gasteiger partial charge < -0.3 is 10.3 Å². The minimum absolute atomic E-state index is 0.139. The third-order valence-electron chi connectivity index (χ3n) is 3.98. The minimum atomic E-state index is 0.139. The number of aryl methyl sites for hydroxylation is 1. The molecular formula is C13H24N6. The quantitative estimate of drug-likeness (QED) is 0.611. The molecule has 0 bridgehead atoms. The van der Waals surface area contributed by atoms with Gasteiger partial charge >= 0.3 is 0 Å². The number of anilines is 2. The maximum atomic E-state index is 5.53. The van der Waals surface area contributed by atoms with Gasteiger partial charge in [-0.1, -0.05) is 0 Å². The van der Waals surface area contributed by atoms with Crippen LogP contribution >= 0.6 is 0 Å². The predicted molar refractivity (Wildman–Crippen MR) is 78.2 cm³/mol. The average molecular weight is 264 g/mol. The fourth-order valence-corrected chi connectivity index (χ4v) is 2.48. The second kappa shape index (κ2) is 4.94. The van der Waals surface area contributed by atoms with Gasteiger partial charge in [-0.2, -0.15) is 0 Å². The van der Waals surface area contributed by atoms with Crippen LogP contribution in [0.1, 0.15) is 25.2 Å². The number of rotatable bonds is 2. The molecule has 0 atom stereocenters. The summed E-state index contributed by atoms with van der Waals surface area (Å²) >= 11 is 0. The van der Waals surface area contributed by atoms with Crippen molar-refractivity contribution in [1.82, 2.24) is 14.9 Å². The van der Waals surface area contributed by atoms with Crippen LogP contribution in [0.25, 0.3) is 0 Å². The first-order valence-corrected chi connectivity index (χ1v) is 6.63. The molecule has 0 spiro atoms. The van der Waals surface area contributed by atoms with Crippen LogP contribution in [0.5, 0.6) is 0 Å². The molecule has 0 aromatic carbocycles. The van der Waals surface area contributed by atoms with Gasteiger partial charge in [0, 0.05) is 30.7 Å². The van der Waals surface area contributed by atoms with Crippen molar-refractivity contribution in [2.45, 2.75) is 33.2 Å². The molecule has 0 aliphatic carbocycles. The van der Waals surface area contributed by atoms with Crippen LogP contribution in [-0.2, 0) is 0 Å². The van der Waals surface area contributed by atoms with E-state index in [-0.39, 0.29) is 5.54 Å². The zero-order valence-corrected chi connectivity index (χ0v) is 12.5. The first-order chi connectivity index (χ1) is 8.85. The smallest absolute Gasteiger partial charge is 0.148 e. The lowest BCUT2D eigenvalue weighted by Crippen LogP contribution is -2.58. The summed E-state index contributed by atoms with van der Waals surface area (Å²) in [5.41, 5.74) is 3.80. The second-order valence-electron chi connectivity index (χ2n) is 5.87. The summed E-state index contributed by atoms with van der Waals surface area (Å²) in [6, 6.07) is 0. The highest BCUT2D eigenvalue weighted by Gasteiger charge is 2.32. The Morgan fingerprint density at radius 3 is 2.47 bits per heavy atom. The van der Waals surface area contributed by atoms with E-state index >= 15 is 0 Å². The molecule has 6 heteroatoms. The molecule has 6 nitrogen and oxygen atoms in total. The summed E-state index contributed by atoms with van der Waals surface area (Å²) in [6.45, 7) is 11.4. The van der Waals surface area contributed by atoms with Crippen molar-refractivity contribution in [3.8, 4) is 0 Å². The molecule has 1 aliphatic heterocycles. The standard InChI is InChI=1S/C13H24N6/c1-9-11(17-14)15-10(2)16-12(9)19-7-6-18(5)13(3,4)8-19/h6-8,14H2,1-5H3,(H,15,16,17). The lowest BCUT2D eigenvalue weighted by atomic mass is 9.99. The van der Waals surface area contributed by atoms with Gasteiger partial charge in [0.2, 0.25) is 0 Å². The summed E-state index contributed by atoms with van der Waals surface area (Å²) in [7, 11) is 2.17. The molecule has 3 N–H and O–H groups in total. The number of likely N-dealkylation sites (N-methyl/N-ethyl adjacent to an activating group) is 1. The average Bonchev–Trinajstić information content (AvgIpc) is 2.35. The van der Waals surface area contributed by atoms with Crippen molar-refractivity contribution in [2.75, 3.05) is 37.0 Å². The SMILES string of the molecule is Cc1nc(NN)c(C)c(N2CCN(C)C(C)(C)C2)n1. The molecule has 2 heterocycles. The first kappa shape index (κ1) is 14.0. The molecule has 106 valence electrons. The van der Waals surface area contributed by atoms with Gasteiger partial charge in [0.25, 0.3) is 0 Å². The van der Waals surface area contributed by atoms with Crippen LogP contribution in [0.2, 0.25) is 0 Å². The summed E-state index contributed by atoms with van der Waals surface area (Å²) in [4.78, 5) is 13.6. The van der Waals surface area contributed by atoms with Crippen molar-refractivity contribution in [3.63, 3.8) is 0 Å². The molecule has 0 saturated carbocycles. The summed E-state index contributed by atoms with van der Waals surface area (Å²) in [6.07, 6.45) is 0. The fourth-order valence-electron chi connectivity index (χ4n) is 2.48. The van der Waals surface area contributed by atoms with Crippen molar-refractivity contribution in [1.29, 1.82) is 0 Å². The van der Waals surface area contributed by atoms with Crippen molar-refractivity contribution >= 4 is 11.6 Å². The highest BCUT2D eigenvalue weighted by Crippen LogP contribution is 2.28. The molecule has 1 aromatic heterocycles. The number of nitrogens with two attached hydrogens (primary N) is 1. The summed E-state index contributed by atoms with van der Waals surface area (Å²) < 4.78 is 0. The van der Waals surface area contributed by atoms with Crippen molar-refractivity contribution in [2.24, 2.45) is 5.84 Å². The van der Waals surface area contributed by atoms with Crippen LogP contribution in [0.15, 0.2) is 0 Å². The number of nitrogen functional groups attached to an aromatic ring is 1. The molecule has 19 heavy (non-hydrogen) atoms. The maximum Gasteiger partial charge on any atom is 0.148 e. The van der Waals surface area contributed by atoms with Crippen LogP contribution in [-0.4, -0.2) is 47.1 Å². The first-order valence-electron chi connectivity index (χ1n) is 6.63. The number of aromatic nitrogens is 2. The van der Waals surface area contributed by atoms with Crippen molar-refractivity contribution < 1.29 is 0 Å². The van der Waals surface area contributed by atoms with E-state index in [0.717, 1.165) is 36.8 Å². The molecule has 0 unspecified atom stereocenters. The Kier molecular flexibility index (Phi) is 3.64. The van der Waals surface area contributed by atoms with Gasteiger partial charge in [0.05, 0.1) is 0 Å². The lowest BCUT2D eigenvalue weighted by Gasteiger charge is -2.46. The maximum absolute atomic E-state index is 5.53. The van der Waals surface area contributed by atoms with E-state index in [1.165, 1.54) is 0 Å². The molecule has 1 aromatic rings. The Bertz CT molecular complexity index is 470. The van der Waals surface area contributed by atoms with Gasteiger partial charge in [0.1, 0.15) is 17.5 Å². The largest absolute Gasteiger partial charge is 0.353 e. The Balaban J connectivity index is 2.35. The Morgan fingerprint density at radius 2 is 1.89 bits per heavy atom. The fraction of sp³-hybridized carbons (Fsp3) is 0.692. The van der Waals surface area contributed by atoms with E-state index < -0.39 is 0 Å². The number of piperazine rings is 1. The van der Waals surface area contributed by atoms with Crippen molar-refractivity contribution in [3.05, 3.63) is 11.4 Å². The van der Waals surface area contributed by atoms with Crippen LogP contribution in [0.3, 0.4) is 0 Å². The Hall–Kier alpha value is -1.40. The number of nitrogens with one attached hydrogen (secondary N) is 1. The number of hydrogen-bond donors (Lipinski definition) is 2. The number of hydrogen-bond acceptors (Lipinski definition) is 6. The minimum Gasteiger partial charge on any atom is -0.353 e. The monoisotopic (exact) mass is 264 g/mol. The molecule has 0 amide bonds. The van der Waals surface area contributed by atoms with E-state index in [4.69, 9.17) is 5.84 Å². The van der Waals surface area contributed by atoms with E-state index in [0.29, 0.717) is 5.82 Å². The highest BCUT2D eigenvalue weighted by atomic mass is 15.3. The summed E-state index contributed by atoms with van der Waals surface area (Å²) in [5.74, 6) is 7.96. The normalized spacial score (nSPS) is 19.6.